The molecule has 1 nitrogen and oxygen atoms in total. The Balaban J connectivity index is 1.64. The molecule has 0 saturated heterocycles. The standard InChI is InChI=1S/C27H35F3O/c1-4-6-20-8-11-22(12-9-20)23-13-15-24(16-14-23)27(29,30)31-19(3)25-17-10-21(7-5-2)18-26(25)28/h10,13-20,22H,4-9,11-12H2,1-3H3. The van der Waals surface area contributed by atoms with Crippen molar-refractivity contribution in [2.45, 2.75) is 90.3 Å². The molecule has 2 aromatic rings. The maximum Gasteiger partial charge on any atom is 0.383 e. The summed E-state index contributed by atoms with van der Waals surface area (Å²) in [4.78, 5) is 0. The maximum absolute atomic E-state index is 14.8. The van der Waals surface area contributed by atoms with Crippen molar-refractivity contribution in [3.05, 3.63) is 70.5 Å². The van der Waals surface area contributed by atoms with Crippen LogP contribution in [0.4, 0.5) is 13.2 Å². The summed E-state index contributed by atoms with van der Waals surface area (Å²) in [6.45, 7) is 5.71. The molecule has 1 saturated carbocycles. The molecule has 1 aliphatic rings. The lowest BCUT2D eigenvalue weighted by molar-refractivity contribution is -0.272. The fourth-order valence-electron chi connectivity index (χ4n) is 4.84. The SMILES string of the molecule is CCCc1ccc(C(C)OC(F)(F)c2ccc(C3CCC(CCC)CC3)cc2)c(F)c1. The van der Waals surface area contributed by atoms with E-state index in [0.29, 0.717) is 5.92 Å². The van der Waals surface area contributed by atoms with Crippen LogP contribution in [-0.4, -0.2) is 0 Å². The number of aryl methyl sites for hydroxylation is 1. The summed E-state index contributed by atoms with van der Waals surface area (Å²) < 4.78 is 49.0. The molecule has 3 rings (SSSR count). The summed E-state index contributed by atoms with van der Waals surface area (Å²) in [7, 11) is 0. The molecule has 0 radical (unpaired) electrons. The predicted molar refractivity (Wildman–Crippen MR) is 120 cm³/mol. The quantitative estimate of drug-likeness (QED) is 0.385. The first-order chi connectivity index (χ1) is 14.8. The van der Waals surface area contributed by atoms with Crippen LogP contribution in [-0.2, 0) is 17.3 Å². The molecular weight excluding hydrogens is 397 g/mol. The van der Waals surface area contributed by atoms with Gasteiger partial charge >= 0.3 is 6.11 Å². The molecule has 0 spiro atoms. The minimum Gasteiger partial charge on any atom is -0.309 e. The largest absolute Gasteiger partial charge is 0.383 e. The van der Waals surface area contributed by atoms with E-state index < -0.39 is 18.0 Å². The van der Waals surface area contributed by atoms with E-state index in [-0.39, 0.29) is 11.1 Å². The second-order valence-corrected chi connectivity index (χ2v) is 9.01. The third-order valence-corrected chi connectivity index (χ3v) is 6.63. The number of halogens is 3. The van der Waals surface area contributed by atoms with Gasteiger partial charge in [0, 0.05) is 5.56 Å². The molecule has 4 heteroatoms. The van der Waals surface area contributed by atoms with Crippen molar-refractivity contribution in [1.82, 2.24) is 0 Å². The molecule has 0 bridgehead atoms. The lowest BCUT2D eigenvalue weighted by Gasteiger charge is -2.29. The number of hydrogen-bond acceptors (Lipinski definition) is 1. The van der Waals surface area contributed by atoms with Crippen LogP contribution in [0.2, 0.25) is 0 Å². The van der Waals surface area contributed by atoms with Gasteiger partial charge in [0.15, 0.2) is 0 Å². The van der Waals surface area contributed by atoms with Crippen molar-refractivity contribution in [2.24, 2.45) is 5.92 Å². The van der Waals surface area contributed by atoms with Crippen LogP contribution in [0.1, 0.15) is 100.0 Å². The summed E-state index contributed by atoms with van der Waals surface area (Å²) in [5.74, 6) is 0.769. The van der Waals surface area contributed by atoms with Crippen molar-refractivity contribution >= 4 is 0 Å². The van der Waals surface area contributed by atoms with Gasteiger partial charge in [0.25, 0.3) is 0 Å². The van der Waals surface area contributed by atoms with Gasteiger partial charge in [-0.15, -0.1) is 0 Å². The zero-order chi connectivity index (χ0) is 22.4. The van der Waals surface area contributed by atoms with E-state index in [2.05, 4.69) is 6.92 Å². The molecule has 0 heterocycles. The minimum absolute atomic E-state index is 0.153. The summed E-state index contributed by atoms with van der Waals surface area (Å²) in [6.07, 6.45) is 4.33. The van der Waals surface area contributed by atoms with Crippen LogP contribution in [0, 0.1) is 11.7 Å². The molecule has 31 heavy (non-hydrogen) atoms. The molecule has 0 aromatic heterocycles. The zero-order valence-corrected chi connectivity index (χ0v) is 19.0. The molecule has 1 atom stereocenters. The second-order valence-electron chi connectivity index (χ2n) is 9.01. The van der Waals surface area contributed by atoms with E-state index >= 15 is 0 Å². The minimum atomic E-state index is -3.48. The second kappa shape index (κ2) is 10.7. The first-order valence-electron chi connectivity index (χ1n) is 11.8. The first-order valence-corrected chi connectivity index (χ1v) is 11.8. The molecule has 0 amide bonds. The van der Waals surface area contributed by atoms with E-state index in [1.807, 2.05) is 19.1 Å². The Hall–Kier alpha value is -1.81. The van der Waals surface area contributed by atoms with Crippen molar-refractivity contribution in [1.29, 1.82) is 0 Å². The molecule has 170 valence electrons. The van der Waals surface area contributed by atoms with E-state index in [1.54, 1.807) is 12.1 Å². The molecular formula is C27H35F3O. The van der Waals surface area contributed by atoms with Gasteiger partial charge in [0.2, 0.25) is 0 Å². The van der Waals surface area contributed by atoms with Crippen molar-refractivity contribution < 1.29 is 17.9 Å². The molecule has 0 N–H and O–H groups in total. The highest BCUT2D eigenvalue weighted by molar-refractivity contribution is 5.29. The summed E-state index contributed by atoms with van der Waals surface area (Å²) >= 11 is 0. The lowest BCUT2D eigenvalue weighted by Crippen LogP contribution is -2.21. The van der Waals surface area contributed by atoms with E-state index in [4.69, 9.17) is 4.74 Å². The molecule has 0 aliphatic heterocycles. The highest BCUT2D eigenvalue weighted by Gasteiger charge is 2.36. The van der Waals surface area contributed by atoms with Crippen LogP contribution in [0.5, 0.6) is 0 Å². The van der Waals surface area contributed by atoms with Crippen LogP contribution in [0.25, 0.3) is 0 Å². The number of hydrogen-bond donors (Lipinski definition) is 0. The van der Waals surface area contributed by atoms with Gasteiger partial charge in [-0.25, -0.2) is 4.39 Å². The topological polar surface area (TPSA) is 9.23 Å². The van der Waals surface area contributed by atoms with E-state index in [0.717, 1.165) is 42.7 Å². The van der Waals surface area contributed by atoms with Crippen LogP contribution >= 0.6 is 0 Å². The number of ether oxygens (including phenoxy) is 1. The predicted octanol–water partition coefficient (Wildman–Crippen LogP) is 8.68. The average molecular weight is 433 g/mol. The van der Waals surface area contributed by atoms with Gasteiger partial charge in [0.05, 0.1) is 11.7 Å². The van der Waals surface area contributed by atoms with Crippen molar-refractivity contribution in [3.8, 4) is 0 Å². The smallest absolute Gasteiger partial charge is 0.309 e. The Bertz CT molecular complexity index is 823. The van der Waals surface area contributed by atoms with Crippen molar-refractivity contribution in [3.63, 3.8) is 0 Å². The van der Waals surface area contributed by atoms with Crippen LogP contribution in [0.3, 0.4) is 0 Å². The molecule has 1 aliphatic carbocycles. The summed E-state index contributed by atoms with van der Waals surface area (Å²) in [6, 6.07) is 11.3. The number of rotatable bonds is 9. The van der Waals surface area contributed by atoms with Gasteiger partial charge in [-0.05, 0) is 68.1 Å². The lowest BCUT2D eigenvalue weighted by atomic mass is 9.77. The molecule has 1 fully saturated rings. The Kier molecular flexibility index (Phi) is 8.21. The fourth-order valence-corrected chi connectivity index (χ4v) is 4.84. The summed E-state index contributed by atoms with van der Waals surface area (Å²) in [5, 5.41) is 0. The van der Waals surface area contributed by atoms with Crippen LogP contribution < -0.4 is 0 Å². The van der Waals surface area contributed by atoms with Crippen LogP contribution in [0.15, 0.2) is 42.5 Å². The highest BCUT2D eigenvalue weighted by Crippen LogP contribution is 2.40. The monoisotopic (exact) mass is 432 g/mol. The third-order valence-electron chi connectivity index (χ3n) is 6.63. The first kappa shape index (κ1) is 23.8. The zero-order valence-electron chi connectivity index (χ0n) is 19.0. The Morgan fingerprint density at radius 1 is 0.968 bits per heavy atom. The maximum atomic E-state index is 14.8. The Labute approximate surface area is 185 Å². The fraction of sp³-hybridized carbons (Fsp3) is 0.556. The van der Waals surface area contributed by atoms with Gasteiger partial charge in [0.1, 0.15) is 5.82 Å². The Morgan fingerprint density at radius 3 is 2.23 bits per heavy atom. The highest BCUT2D eigenvalue weighted by atomic mass is 19.3. The summed E-state index contributed by atoms with van der Waals surface area (Å²) in [5.41, 5.74) is 1.95. The molecule has 1 unspecified atom stereocenters. The van der Waals surface area contributed by atoms with Gasteiger partial charge in [-0.2, -0.15) is 8.78 Å². The van der Waals surface area contributed by atoms with Gasteiger partial charge in [-0.1, -0.05) is 69.5 Å². The van der Waals surface area contributed by atoms with Gasteiger partial charge < -0.3 is 4.74 Å². The normalized spacial score (nSPS) is 20.6. The number of benzene rings is 2. The average Bonchev–Trinajstić information content (AvgIpc) is 2.74. The van der Waals surface area contributed by atoms with Gasteiger partial charge in [-0.3, -0.25) is 0 Å². The Morgan fingerprint density at radius 2 is 1.65 bits per heavy atom. The molecule has 2 aromatic carbocycles. The number of alkyl halides is 2. The third kappa shape index (κ3) is 6.12. The van der Waals surface area contributed by atoms with Crippen molar-refractivity contribution in [2.75, 3.05) is 0 Å². The van der Waals surface area contributed by atoms with E-state index in [9.17, 15) is 13.2 Å². The van der Waals surface area contributed by atoms with E-state index in [1.165, 1.54) is 50.8 Å².